The lowest BCUT2D eigenvalue weighted by atomic mass is 10.2. The molecule has 0 aliphatic carbocycles. The Morgan fingerprint density at radius 3 is 2.59 bits per heavy atom. The van der Waals surface area contributed by atoms with Gasteiger partial charge in [-0.05, 0) is 13.3 Å². The molecule has 0 unspecified atom stereocenters. The van der Waals surface area contributed by atoms with E-state index in [0.29, 0.717) is 12.2 Å². The van der Waals surface area contributed by atoms with Gasteiger partial charge in [-0.2, -0.15) is 0 Å². The van der Waals surface area contributed by atoms with Gasteiger partial charge in [0.25, 0.3) is 6.43 Å². The van der Waals surface area contributed by atoms with Crippen molar-refractivity contribution in [3.8, 4) is 0 Å². The van der Waals surface area contributed by atoms with Gasteiger partial charge in [0.2, 0.25) is 0 Å². The van der Waals surface area contributed by atoms with E-state index in [9.17, 15) is 8.78 Å². The number of aromatic nitrogens is 2. The summed E-state index contributed by atoms with van der Waals surface area (Å²) in [5.74, 6) is 1.29. The summed E-state index contributed by atoms with van der Waals surface area (Å²) in [7, 11) is 1.61. The Labute approximate surface area is 100 Å². The van der Waals surface area contributed by atoms with Crippen LogP contribution in [0.25, 0.3) is 0 Å². The molecule has 0 radical (unpaired) electrons. The Morgan fingerprint density at radius 1 is 1.35 bits per heavy atom. The lowest BCUT2D eigenvalue weighted by Crippen LogP contribution is -2.26. The van der Waals surface area contributed by atoms with Crippen molar-refractivity contribution in [2.75, 3.05) is 30.4 Å². The van der Waals surface area contributed by atoms with Crippen LogP contribution < -0.4 is 10.2 Å². The molecule has 1 aromatic heterocycles. The zero-order valence-electron chi connectivity index (χ0n) is 10.4. The van der Waals surface area contributed by atoms with Crippen molar-refractivity contribution in [3.05, 3.63) is 11.9 Å². The van der Waals surface area contributed by atoms with E-state index >= 15 is 0 Å². The van der Waals surface area contributed by atoms with E-state index in [0.717, 1.165) is 17.9 Å². The summed E-state index contributed by atoms with van der Waals surface area (Å²) in [6.07, 6.45) is -0.275. The van der Waals surface area contributed by atoms with Gasteiger partial charge in [0.1, 0.15) is 18.0 Å². The van der Waals surface area contributed by atoms with Crippen molar-refractivity contribution in [3.63, 3.8) is 0 Å². The summed E-state index contributed by atoms with van der Waals surface area (Å²) in [6, 6.07) is 0. The topological polar surface area (TPSA) is 41.1 Å². The summed E-state index contributed by atoms with van der Waals surface area (Å²) in [5, 5.41) is 3.11. The number of hydrogen-bond donors (Lipinski definition) is 1. The molecule has 96 valence electrons. The summed E-state index contributed by atoms with van der Waals surface area (Å²) in [6.45, 7) is 4.33. The molecule has 0 aliphatic heterocycles. The molecule has 1 aromatic rings. The van der Waals surface area contributed by atoms with Crippen LogP contribution in [0.5, 0.6) is 0 Å². The first-order valence-corrected chi connectivity index (χ1v) is 5.67. The van der Waals surface area contributed by atoms with Crippen LogP contribution in [-0.2, 0) is 6.42 Å². The van der Waals surface area contributed by atoms with Crippen LogP contribution in [0.1, 0.15) is 19.4 Å². The average Bonchev–Trinajstić information content (AvgIpc) is 2.28. The first-order valence-electron chi connectivity index (χ1n) is 5.67. The summed E-state index contributed by atoms with van der Waals surface area (Å²) < 4.78 is 24.7. The van der Waals surface area contributed by atoms with E-state index in [1.807, 2.05) is 13.8 Å². The van der Waals surface area contributed by atoms with Gasteiger partial charge in [-0.25, -0.2) is 18.7 Å². The van der Waals surface area contributed by atoms with E-state index in [1.54, 1.807) is 7.05 Å². The molecular formula is C11H18F2N4. The van der Waals surface area contributed by atoms with Crippen LogP contribution in [0.2, 0.25) is 0 Å². The van der Waals surface area contributed by atoms with Crippen molar-refractivity contribution in [1.82, 2.24) is 9.97 Å². The lowest BCUT2D eigenvalue weighted by Gasteiger charge is -2.21. The molecule has 6 heteroatoms. The minimum absolute atomic E-state index is 0.324. The molecule has 1 rings (SSSR count). The molecule has 17 heavy (non-hydrogen) atoms. The Morgan fingerprint density at radius 2 is 2.06 bits per heavy atom. The largest absolute Gasteiger partial charge is 0.370 e. The predicted octanol–water partition coefficient (Wildman–Crippen LogP) is 2.17. The van der Waals surface area contributed by atoms with E-state index < -0.39 is 6.43 Å². The number of anilines is 2. The second-order valence-corrected chi connectivity index (χ2v) is 3.68. The molecule has 4 nitrogen and oxygen atoms in total. The van der Waals surface area contributed by atoms with Crippen LogP contribution in [0, 0.1) is 0 Å². The van der Waals surface area contributed by atoms with Crippen molar-refractivity contribution >= 4 is 11.6 Å². The summed E-state index contributed by atoms with van der Waals surface area (Å²) in [4.78, 5) is 9.68. The fraction of sp³-hybridized carbons (Fsp3) is 0.636. The highest BCUT2D eigenvalue weighted by molar-refractivity contribution is 5.58. The molecule has 0 fully saturated rings. The number of halogens is 2. The Bertz CT molecular complexity index is 357. The fourth-order valence-corrected chi connectivity index (χ4v) is 1.67. The van der Waals surface area contributed by atoms with Crippen molar-refractivity contribution in [1.29, 1.82) is 0 Å². The minimum Gasteiger partial charge on any atom is -0.370 e. The third kappa shape index (κ3) is 3.51. The maximum Gasteiger partial charge on any atom is 0.255 e. The monoisotopic (exact) mass is 244 g/mol. The normalized spacial score (nSPS) is 10.7. The molecule has 0 atom stereocenters. The number of rotatable bonds is 6. The van der Waals surface area contributed by atoms with Gasteiger partial charge in [0.15, 0.2) is 0 Å². The summed E-state index contributed by atoms with van der Waals surface area (Å²) >= 11 is 0. The van der Waals surface area contributed by atoms with Gasteiger partial charge in [-0.15, -0.1) is 0 Å². The molecular weight excluding hydrogens is 226 g/mol. The molecule has 0 aliphatic rings. The van der Waals surface area contributed by atoms with E-state index in [4.69, 9.17) is 0 Å². The average molecular weight is 244 g/mol. The van der Waals surface area contributed by atoms with Crippen LogP contribution >= 0.6 is 0 Å². The lowest BCUT2D eigenvalue weighted by molar-refractivity contribution is 0.156. The highest BCUT2D eigenvalue weighted by Gasteiger charge is 2.15. The van der Waals surface area contributed by atoms with Crippen molar-refractivity contribution in [2.45, 2.75) is 26.7 Å². The predicted molar refractivity (Wildman–Crippen MR) is 64.8 cm³/mol. The maximum atomic E-state index is 12.4. The van der Waals surface area contributed by atoms with E-state index in [1.165, 1.54) is 11.2 Å². The van der Waals surface area contributed by atoms with Crippen LogP contribution in [0.15, 0.2) is 6.33 Å². The Balaban J connectivity index is 3.01. The number of nitrogens with zero attached hydrogens (tertiary/aromatic N) is 3. The van der Waals surface area contributed by atoms with Gasteiger partial charge >= 0.3 is 0 Å². The van der Waals surface area contributed by atoms with Gasteiger partial charge in [-0.3, -0.25) is 0 Å². The first-order chi connectivity index (χ1) is 8.10. The van der Waals surface area contributed by atoms with Gasteiger partial charge in [0.05, 0.1) is 6.54 Å². The molecule has 1 heterocycles. The highest BCUT2D eigenvalue weighted by Crippen LogP contribution is 2.23. The van der Waals surface area contributed by atoms with Gasteiger partial charge in [-0.1, -0.05) is 6.92 Å². The zero-order chi connectivity index (χ0) is 12.8. The maximum absolute atomic E-state index is 12.4. The number of hydrogen-bond acceptors (Lipinski definition) is 4. The fourth-order valence-electron chi connectivity index (χ4n) is 1.67. The standard InChI is InChI=1S/C11H18F2N4/c1-4-8-10(14-5-2)15-7-16-11(8)17(3)6-9(12)13/h7,9H,4-6H2,1-3H3,(H,14,15,16). The zero-order valence-corrected chi connectivity index (χ0v) is 10.4. The summed E-state index contributed by atoms with van der Waals surface area (Å²) in [5.41, 5.74) is 0.873. The second-order valence-electron chi connectivity index (χ2n) is 3.68. The van der Waals surface area contributed by atoms with Crippen molar-refractivity contribution < 1.29 is 8.78 Å². The molecule has 0 spiro atoms. The third-order valence-corrected chi connectivity index (χ3v) is 2.39. The number of nitrogens with one attached hydrogen (secondary N) is 1. The number of alkyl halides is 2. The first kappa shape index (κ1) is 13.6. The highest BCUT2D eigenvalue weighted by atomic mass is 19.3. The van der Waals surface area contributed by atoms with Crippen LogP contribution in [-0.4, -0.2) is 36.5 Å². The molecule has 0 amide bonds. The van der Waals surface area contributed by atoms with Crippen LogP contribution in [0.3, 0.4) is 0 Å². The minimum atomic E-state index is -2.37. The Hall–Kier alpha value is -1.46. The molecule has 0 saturated heterocycles. The second kappa shape index (κ2) is 6.32. The van der Waals surface area contributed by atoms with Crippen molar-refractivity contribution in [2.24, 2.45) is 0 Å². The third-order valence-electron chi connectivity index (χ3n) is 2.39. The molecule has 0 bridgehead atoms. The smallest absolute Gasteiger partial charge is 0.255 e. The van der Waals surface area contributed by atoms with E-state index in [-0.39, 0.29) is 6.54 Å². The quantitative estimate of drug-likeness (QED) is 0.832. The van der Waals surface area contributed by atoms with Crippen LogP contribution in [0.4, 0.5) is 20.4 Å². The molecule has 0 aromatic carbocycles. The SMILES string of the molecule is CCNc1ncnc(N(C)CC(F)F)c1CC. The van der Waals surface area contributed by atoms with E-state index in [2.05, 4.69) is 15.3 Å². The Kier molecular flexibility index (Phi) is 5.06. The molecule has 0 saturated carbocycles. The van der Waals surface area contributed by atoms with Gasteiger partial charge in [0, 0.05) is 19.2 Å². The molecule has 1 N–H and O–H groups in total. The van der Waals surface area contributed by atoms with Gasteiger partial charge < -0.3 is 10.2 Å².